The van der Waals surface area contributed by atoms with E-state index in [0.29, 0.717) is 40.0 Å². The number of hydrogen-bond acceptors (Lipinski definition) is 18. The molecule has 4 aromatic rings. The zero-order chi connectivity index (χ0) is 51.7. The van der Waals surface area contributed by atoms with E-state index >= 15 is 0 Å². The Morgan fingerprint density at radius 2 is 1.07 bits per heavy atom. The summed E-state index contributed by atoms with van der Waals surface area (Å²) in [6.45, 7) is 22.2. The highest BCUT2D eigenvalue weighted by Crippen LogP contribution is 2.47. The Morgan fingerprint density at radius 3 is 1.46 bits per heavy atom. The Bertz CT molecular complexity index is 2630. The highest BCUT2D eigenvalue weighted by molar-refractivity contribution is 5.99. The topological polar surface area (TPSA) is 239 Å². The maximum absolute atomic E-state index is 13.4. The van der Waals surface area contributed by atoms with E-state index in [9.17, 15) is 19.5 Å². The molecule has 8 heterocycles. The normalized spacial score (nSPS) is 28.0. The van der Waals surface area contributed by atoms with E-state index in [1.165, 1.54) is 0 Å². The number of rotatable bonds is 10. The summed E-state index contributed by atoms with van der Waals surface area (Å²) in [5, 5.41) is 20.4. The van der Waals surface area contributed by atoms with Crippen molar-refractivity contribution in [1.82, 2.24) is 39.5 Å². The van der Waals surface area contributed by atoms with E-state index in [1.54, 1.807) is 31.6 Å². The number of aliphatic hydroxyl groups excluding tert-OH is 1. The van der Waals surface area contributed by atoms with E-state index in [0.717, 1.165) is 64.2 Å². The number of aldehydes is 1. The van der Waals surface area contributed by atoms with Crippen molar-refractivity contribution >= 4 is 52.2 Å². The molecule has 10 rings (SSSR count). The second-order valence-corrected chi connectivity index (χ2v) is 22.5. The molecule has 4 saturated heterocycles. The van der Waals surface area contributed by atoms with Crippen LogP contribution < -0.4 is 9.80 Å². The fraction of sp³-hybridized carbons (Fsp3) is 0.740. The van der Waals surface area contributed by atoms with Crippen molar-refractivity contribution in [1.29, 1.82) is 0 Å². The summed E-state index contributed by atoms with van der Waals surface area (Å²) < 4.78 is 52.1. The van der Waals surface area contributed by atoms with Crippen LogP contribution in [0, 0.1) is 0 Å². The molecule has 0 spiro atoms. The van der Waals surface area contributed by atoms with Crippen LogP contribution in [0.15, 0.2) is 12.4 Å². The number of ether oxygens (including phenoxy) is 8. The van der Waals surface area contributed by atoms with Gasteiger partial charge < -0.3 is 43.0 Å². The quantitative estimate of drug-likeness (QED) is 0.148. The number of amides is 2. The molecule has 0 bridgehead atoms. The van der Waals surface area contributed by atoms with E-state index < -0.39 is 53.5 Å². The van der Waals surface area contributed by atoms with E-state index in [1.807, 2.05) is 83.1 Å². The highest BCUT2D eigenvalue weighted by atomic mass is 16.8. The van der Waals surface area contributed by atoms with E-state index in [-0.39, 0.29) is 60.9 Å². The average molecular weight is 1010 g/mol. The zero-order valence-corrected chi connectivity index (χ0v) is 43.7. The lowest BCUT2D eigenvalue weighted by Crippen LogP contribution is -2.43. The Kier molecular flexibility index (Phi) is 14.2. The molecule has 4 aliphatic heterocycles. The van der Waals surface area contributed by atoms with Gasteiger partial charge in [-0.25, -0.2) is 38.9 Å². The van der Waals surface area contributed by atoms with Crippen LogP contribution in [-0.2, 0) is 44.5 Å². The maximum atomic E-state index is 13.4. The van der Waals surface area contributed by atoms with Crippen molar-refractivity contribution in [2.75, 3.05) is 9.80 Å². The van der Waals surface area contributed by atoms with Gasteiger partial charge in [-0.1, -0.05) is 39.5 Å². The molecule has 22 heteroatoms. The van der Waals surface area contributed by atoms with Gasteiger partial charge in [0, 0.05) is 12.1 Å². The van der Waals surface area contributed by atoms with Gasteiger partial charge in [-0.05, 0) is 108 Å². The SMILES string of the molecule is CC[C@H]1O[C@@H](n2ncc3c(N(C(=O)OC(C)(C)C)C4CCCC4)nc(C=O)nc32)[C@@H]2OC(C)(C)O[C@@H]21.CC[C@H]1O[C@@H](n2ncc3c(N(C(=O)OC(C)(C)C)C4CCCC4)nc(CO)nc32)[C@@H]2OC(C)(C)O[C@@H]21. The van der Waals surface area contributed by atoms with Crippen LogP contribution in [-0.4, -0.2) is 135 Å². The predicted molar refractivity (Wildman–Crippen MR) is 260 cm³/mol. The minimum atomic E-state index is -0.752. The smallest absolute Gasteiger partial charge is 0.416 e. The molecule has 0 radical (unpaired) electrons. The number of hydrogen-bond donors (Lipinski definition) is 1. The number of carbonyl (C=O) groups excluding carboxylic acids is 3. The van der Waals surface area contributed by atoms with Crippen molar-refractivity contribution in [2.45, 2.75) is 238 Å². The largest absolute Gasteiger partial charge is 0.443 e. The molecule has 1 N–H and O–H groups in total. The van der Waals surface area contributed by atoms with Crippen LogP contribution in [0.1, 0.15) is 176 Å². The Balaban J connectivity index is 0.000000178. The molecule has 6 fully saturated rings. The number of aromatic nitrogens is 8. The second kappa shape index (κ2) is 19.7. The molecule has 2 saturated carbocycles. The fourth-order valence-electron chi connectivity index (χ4n) is 10.9. The van der Waals surface area contributed by atoms with Gasteiger partial charge in [-0.15, -0.1) is 0 Å². The number of fused-ring (bicyclic) bond motifs is 4. The first-order chi connectivity index (χ1) is 34.0. The van der Waals surface area contributed by atoms with Crippen LogP contribution in [0.4, 0.5) is 21.2 Å². The van der Waals surface area contributed by atoms with Crippen LogP contribution >= 0.6 is 0 Å². The third kappa shape index (κ3) is 10.3. The van der Waals surface area contributed by atoms with E-state index in [2.05, 4.69) is 30.1 Å². The Morgan fingerprint density at radius 1 is 0.667 bits per heavy atom. The van der Waals surface area contributed by atoms with Crippen LogP contribution in [0.3, 0.4) is 0 Å². The standard InChI is InChI=1S/C25H37N5O6.C25H35N5O6/c2*1-7-16-18-19(35-25(5,6)34-18)22(33-16)30-21-15(12-26-30)20(27-17(13-31)28-21)29(14-10-8-9-11-14)23(32)36-24(2,3)4/h12,14,16,18-19,22,31H,7-11,13H2,1-6H3;12-14,16,18-19,22H,7-11H2,1-6H3/t2*16-,18-,19-,22-/m11/s1. The van der Waals surface area contributed by atoms with Gasteiger partial charge in [0.25, 0.3) is 0 Å². The number of aliphatic hydroxyl groups is 1. The van der Waals surface area contributed by atoms with Gasteiger partial charge in [0.1, 0.15) is 42.2 Å². The first-order valence-electron chi connectivity index (χ1n) is 25.6. The van der Waals surface area contributed by atoms with Crippen molar-refractivity contribution in [3.63, 3.8) is 0 Å². The summed E-state index contributed by atoms with van der Waals surface area (Å²) in [5.74, 6) is -0.632. The van der Waals surface area contributed by atoms with Crippen molar-refractivity contribution in [2.24, 2.45) is 0 Å². The van der Waals surface area contributed by atoms with Crippen molar-refractivity contribution < 1.29 is 57.4 Å². The monoisotopic (exact) mass is 1000 g/mol. The molecule has 72 heavy (non-hydrogen) atoms. The number of carbonyl (C=O) groups is 3. The summed E-state index contributed by atoms with van der Waals surface area (Å²) in [6.07, 6.45) is 8.99. The minimum absolute atomic E-state index is 0.0451. The van der Waals surface area contributed by atoms with E-state index in [4.69, 9.17) is 37.9 Å². The molecule has 6 aliphatic rings. The maximum Gasteiger partial charge on any atom is 0.416 e. The lowest BCUT2D eigenvalue weighted by atomic mass is 10.1. The van der Waals surface area contributed by atoms with Crippen molar-refractivity contribution in [3.8, 4) is 0 Å². The average Bonchev–Trinajstić information content (AvgIpc) is 4.16. The number of nitrogens with zero attached hydrogens (tertiary/aromatic N) is 10. The lowest BCUT2D eigenvalue weighted by molar-refractivity contribution is -0.198. The first kappa shape index (κ1) is 51.9. The third-order valence-corrected chi connectivity index (χ3v) is 13.7. The van der Waals surface area contributed by atoms with Gasteiger partial charge in [0.2, 0.25) is 0 Å². The van der Waals surface area contributed by atoms with Gasteiger partial charge in [0.05, 0.1) is 35.4 Å². The predicted octanol–water partition coefficient (Wildman–Crippen LogP) is 7.98. The Labute approximate surface area is 419 Å². The third-order valence-electron chi connectivity index (χ3n) is 13.7. The molecular weight excluding hydrogens is 933 g/mol. The second-order valence-electron chi connectivity index (χ2n) is 22.5. The van der Waals surface area contributed by atoms with Crippen LogP contribution in [0.25, 0.3) is 22.1 Å². The fourth-order valence-corrected chi connectivity index (χ4v) is 10.9. The lowest BCUT2D eigenvalue weighted by Gasteiger charge is -2.31. The summed E-state index contributed by atoms with van der Waals surface area (Å²) >= 11 is 0. The van der Waals surface area contributed by atoms with Crippen LogP contribution in [0.5, 0.6) is 0 Å². The summed E-state index contributed by atoms with van der Waals surface area (Å²) in [5.41, 5.74) is -0.503. The number of anilines is 2. The van der Waals surface area contributed by atoms with Crippen LogP contribution in [0.2, 0.25) is 0 Å². The molecular formula is C50H72N10O12. The molecule has 0 aromatic carbocycles. The summed E-state index contributed by atoms with van der Waals surface area (Å²) in [4.78, 5) is 60.1. The van der Waals surface area contributed by atoms with Crippen molar-refractivity contribution in [3.05, 3.63) is 24.0 Å². The Hall–Kier alpha value is -4.97. The molecule has 2 amide bonds. The molecule has 0 unspecified atom stereocenters. The zero-order valence-electron chi connectivity index (χ0n) is 43.7. The molecule has 8 atom stereocenters. The molecule has 22 nitrogen and oxygen atoms in total. The van der Waals surface area contributed by atoms with Gasteiger partial charge in [-0.3, -0.25) is 14.6 Å². The molecule has 2 aliphatic carbocycles. The molecule has 394 valence electrons. The van der Waals surface area contributed by atoms with Gasteiger partial charge >= 0.3 is 12.2 Å². The van der Waals surface area contributed by atoms with Gasteiger partial charge in [0.15, 0.2) is 64.9 Å². The minimum Gasteiger partial charge on any atom is -0.443 e. The summed E-state index contributed by atoms with van der Waals surface area (Å²) in [7, 11) is 0. The highest BCUT2D eigenvalue weighted by Gasteiger charge is 2.57. The first-order valence-corrected chi connectivity index (χ1v) is 25.6. The molecule has 4 aromatic heterocycles. The van der Waals surface area contributed by atoms with Gasteiger partial charge in [-0.2, -0.15) is 10.2 Å². The summed E-state index contributed by atoms with van der Waals surface area (Å²) in [6, 6.07) is -0.151.